The molecule has 0 aromatic carbocycles. The molecule has 2 aliphatic rings. The van der Waals surface area contributed by atoms with E-state index in [-0.39, 0.29) is 5.97 Å². The highest BCUT2D eigenvalue weighted by atomic mass is 16.5. The fraction of sp³-hybridized carbons (Fsp3) is 0.375. The molecule has 1 aliphatic heterocycles. The average molecular weight is 313 g/mol. The summed E-state index contributed by atoms with van der Waals surface area (Å²) in [5.41, 5.74) is 9.36. The van der Waals surface area contributed by atoms with Crippen LogP contribution >= 0.6 is 0 Å². The van der Waals surface area contributed by atoms with Crippen LogP contribution in [0.3, 0.4) is 0 Å². The number of hydrogen-bond acceptors (Lipinski definition) is 6. The largest absolute Gasteiger partial charge is 0.461 e. The predicted octanol–water partition coefficient (Wildman–Crippen LogP) is 1.44. The van der Waals surface area contributed by atoms with Crippen LogP contribution in [0.2, 0.25) is 0 Å². The zero-order valence-corrected chi connectivity index (χ0v) is 13.0. The molecule has 0 unspecified atom stereocenters. The molecule has 0 spiro atoms. The molecule has 7 heteroatoms. The summed E-state index contributed by atoms with van der Waals surface area (Å²) in [7, 11) is 0. The van der Waals surface area contributed by atoms with Crippen molar-refractivity contribution in [2.24, 2.45) is 0 Å². The molecular formula is C16H19N5O2. The molecular weight excluding hydrogens is 294 g/mol. The van der Waals surface area contributed by atoms with Gasteiger partial charge in [-0.1, -0.05) is 6.07 Å². The lowest BCUT2D eigenvalue weighted by Gasteiger charge is -2.12. The Labute approximate surface area is 133 Å². The normalized spacial score (nSPS) is 17.3. The summed E-state index contributed by atoms with van der Waals surface area (Å²) in [5.74, 6) is 0.358. The number of imidazole rings is 1. The van der Waals surface area contributed by atoms with Gasteiger partial charge in [0.1, 0.15) is 5.65 Å². The number of aromatic nitrogens is 2. The van der Waals surface area contributed by atoms with Gasteiger partial charge in [0, 0.05) is 12.4 Å². The summed E-state index contributed by atoms with van der Waals surface area (Å²) in [5, 5.41) is 1.77. The average Bonchev–Trinajstić information content (AvgIpc) is 3.15. The van der Waals surface area contributed by atoms with Gasteiger partial charge in [-0.05, 0) is 37.3 Å². The predicted molar refractivity (Wildman–Crippen MR) is 83.7 cm³/mol. The fourth-order valence-electron chi connectivity index (χ4n) is 2.72. The number of rotatable bonds is 5. The molecule has 3 heterocycles. The van der Waals surface area contributed by atoms with Crippen LogP contribution in [0, 0.1) is 0 Å². The van der Waals surface area contributed by atoms with Crippen molar-refractivity contribution < 1.29 is 9.53 Å². The summed E-state index contributed by atoms with van der Waals surface area (Å²) in [6, 6.07) is 4.23. The first-order chi connectivity index (χ1) is 11.2. The monoisotopic (exact) mass is 313 g/mol. The van der Waals surface area contributed by atoms with E-state index in [9.17, 15) is 4.79 Å². The van der Waals surface area contributed by atoms with Crippen molar-refractivity contribution in [1.29, 1.82) is 0 Å². The third-order valence-electron chi connectivity index (χ3n) is 4.02. The molecule has 2 N–H and O–H groups in total. The quantitative estimate of drug-likeness (QED) is 0.814. The number of hydrazine groups is 2. The van der Waals surface area contributed by atoms with Gasteiger partial charge >= 0.3 is 5.97 Å². The van der Waals surface area contributed by atoms with E-state index in [2.05, 4.69) is 38.7 Å². The number of ether oxygens (including phenoxy) is 1. The first-order valence-electron chi connectivity index (χ1n) is 7.87. The van der Waals surface area contributed by atoms with Crippen LogP contribution in [-0.2, 0) is 16.1 Å². The molecule has 1 fully saturated rings. The molecule has 0 bridgehead atoms. The van der Waals surface area contributed by atoms with Crippen molar-refractivity contribution in [3.63, 3.8) is 0 Å². The van der Waals surface area contributed by atoms with Gasteiger partial charge in [0.05, 0.1) is 25.0 Å². The van der Waals surface area contributed by atoms with Crippen LogP contribution in [0.1, 0.15) is 36.9 Å². The fourth-order valence-corrected chi connectivity index (χ4v) is 2.72. The first-order valence-corrected chi connectivity index (χ1v) is 7.87. The Bertz CT molecular complexity index is 778. The Balaban J connectivity index is 1.48. The maximum atomic E-state index is 11.7. The van der Waals surface area contributed by atoms with Crippen LogP contribution in [-0.4, -0.2) is 27.0 Å². The maximum absolute atomic E-state index is 11.7. The lowest BCUT2D eigenvalue weighted by molar-refractivity contribution is -0.138. The number of fused-ring (bicyclic) bond motifs is 1. The lowest BCUT2D eigenvalue weighted by atomic mass is 10.2. The highest BCUT2D eigenvalue weighted by Crippen LogP contribution is 2.39. The number of nitrogens with zero attached hydrogens (tertiary/aromatic N) is 3. The van der Waals surface area contributed by atoms with Crippen LogP contribution < -0.4 is 11.0 Å². The van der Waals surface area contributed by atoms with E-state index in [1.54, 1.807) is 18.1 Å². The van der Waals surface area contributed by atoms with Gasteiger partial charge in [0.15, 0.2) is 5.70 Å². The number of carbonyl (C=O) groups is 1. The van der Waals surface area contributed by atoms with Gasteiger partial charge in [-0.15, -0.1) is 5.53 Å². The molecule has 1 saturated carbocycles. The molecule has 23 heavy (non-hydrogen) atoms. The summed E-state index contributed by atoms with van der Waals surface area (Å²) in [6.07, 6.45) is 8.46. The van der Waals surface area contributed by atoms with Crippen molar-refractivity contribution in [1.82, 2.24) is 25.4 Å². The van der Waals surface area contributed by atoms with Gasteiger partial charge in [0.25, 0.3) is 0 Å². The van der Waals surface area contributed by atoms with E-state index in [4.69, 9.17) is 4.74 Å². The number of pyridine rings is 1. The molecule has 0 atom stereocenters. The molecule has 0 saturated heterocycles. The van der Waals surface area contributed by atoms with Crippen molar-refractivity contribution in [2.45, 2.75) is 32.2 Å². The summed E-state index contributed by atoms with van der Waals surface area (Å²) in [6.45, 7) is 2.69. The second-order valence-corrected chi connectivity index (χ2v) is 5.86. The van der Waals surface area contributed by atoms with E-state index in [0.717, 1.165) is 17.3 Å². The van der Waals surface area contributed by atoms with Crippen LogP contribution in [0.5, 0.6) is 0 Å². The van der Waals surface area contributed by atoms with E-state index >= 15 is 0 Å². The topological polar surface area (TPSA) is 70.9 Å². The minimum Gasteiger partial charge on any atom is -0.461 e. The van der Waals surface area contributed by atoms with Crippen molar-refractivity contribution in [3.05, 3.63) is 47.7 Å². The third kappa shape index (κ3) is 2.87. The number of nitrogens with one attached hydrogen (secondary N) is 2. The van der Waals surface area contributed by atoms with E-state index in [1.807, 2.05) is 6.20 Å². The van der Waals surface area contributed by atoms with Gasteiger partial charge in [-0.3, -0.25) is 10.4 Å². The molecule has 4 rings (SSSR count). The van der Waals surface area contributed by atoms with Gasteiger partial charge < -0.3 is 9.14 Å². The zero-order valence-electron chi connectivity index (χ0n) is 13.0. The highest BCUT2D eigenvalue weighted by Gasteiger charge is 2.24. The Morgan fingerprint density at radius 2 is 2.26 bits per heavy atom. The zero-order chi connectivity index (χ0) is 15.8. The summed E-state index contributed by atoms with van der Waals surface area (Å²) >= 11 is 0. The molecule has 2 aromatic rings. The second kappa shape index (κ2) is 5.58. The van der Waals surface area contributed by atoms with Crippen LogP contribution in [0.4, 0.5) is 0 Å². The lowest BCUT2D eigenvalue weighted by Crippen LogP contribution is -2.37. The molecule has 0 radical (unpaired) electrons. The summed E-state index contributed by atoms with van der Waals surface area (Å²) < 4.78 is 7.03. The van der Waals surface area contributed by atoms with Gasteiger partial charge in [0.2, 0.25) is 0 Å². The van der Waals surface area contributed by atoms with E-state index < -0.39 is 0 Å². The van der Waals surface area contributed by atoms with Gasteiger partial charge in [-0.25, -0.2) is 9.78 Å². The standard InChI is InChI=1S/C16H19N5O2/c1-2-23-16(22)14-10-21(19-18-14)9-13-8-20-7-12(11-3-4-11)5-6-15(20)17-13/h5-8,10-11,18-19H,2-4,9H2,1H3. The Hall–Kier alpha value is -2.54. The highest BCUT2D eigenvalue weighted by molar-refractivity contribution is 5.87. The number of hydrogen-bond donors (Lipinski definition) is 2. The smallest absolute Gasteiger partial charge is 0.357 e. The minimum atomic E-state index is -0.369. The maximum Gasteiger partial charge on any atom is 0.357 e. The molecule has 1 aliphatic carbocycles. The SMILES string of the molecule is CCOC(=O)C1=CN(Cc2cn3cc(C4CC4)ccc3n2)NN1. The molecule has 7 nitrogen and oxygen atoms in total. The third-order valence-corrected chi connectivity index (χ3v) is 4.02. The Morgan fingerprint density at radius 1 is 1.39 bits per heavy atom. The number of esters is 1. The van der Waals surface area contributed by atoms with Crippen molar-refractivity contribution >= 4 is 11.6 Å². The minimum absolute atomic E-state index is 0.355. The second-order valence-electron chi connectivity index (χ2n) is 5.86. The van der Waals surface area contributed by atoms with Gasteiger partial charge in [-0.2, -0.15) is 0 Å². The van der Waals surface area contributed by atoms with Crippen LogP contribution in [0.15, 0.2) is 36.4 Å². The molecule has 0 amide bonds. The number of carbonyl (C=O) groups excluding carboxylic acids is 1. The summed E-state index contributed by atoms with van der Waals surface area (Å²) in [4.78, 5) is 16.3. The van der Waals surface area contributed by atoms with Crippen molar-refractivity contribution in [2.75, 3.05) is 6.61 Å². The first kappa shape index (κ1) is 14.1. The molecule has 2 aromatic heterocycles. The van der Waals surface area contributed by atoms with E-state index in [1.165, 1.54) is 18.4 Å². The van der Waals surface area contributed by atoms with Crippen LogP contribution in [0.25, 0.3) is 5.65 Å². The van der Waals surface area contributed by atoms with Crippen molar-refractivity contribution in [3.8, 4) is 0 Å². The Kier molecular flexibility index (Phi) is 3.42. The van der Waals surface area contributed by atoms with E-state index in [0.29, 0.717) is 18.8 Å². The Morgan fingerprint density at radius 3 is 3.04 bits per heavy atom. The molecule has 120 valence electrons.